The molecule has 0 atom stereocenters. The maximum absolute atomic E-state index is 14.4. The Bertz CT molecular complexity index is 3100. The average molecular weight is 909 g/mol. The van der Waals surface area contributed by atoms with E-state index in [0.29, 0.717) is 97.1 Å². The molecule has 14 nitrogen and oxygen atoms in total. The molecule has 2 amide bonds. The number of benzene rings is 4. The highest BCUT2D eigenvalue weighted by molar-refractivity contribution is 6.27. The Labute approximate surface area is 388 Å². The Kier molecular flexibility index (Phi) is 12.6. The van der Waals surface area contributed by atoms with Crippen molar-refractivity contribution in [2.45, 2.75) is 85.1 Å². The fraction of sp³-hybridized carbons (Fsp3) is 0.358. The molecule has 0 bridgehead atoms. The largest absolute Gasteiger partial charge is 0.493 e. The fourth-order valence-corrected chi connectivity index (χ4v) is 9.19. The van der Waals surface area contributed by atoms with Gasteiger partial charge >= 0.3 is 12.2 Å². The molecular weight excluding hydrogens is 853 g/mol. The zero-order valence-electron chi connectivity index (χ0n) is 39.3. The first-order chi connectivity index (χ1) is 31.9. The van der Waals surface area contributed by atoms with Crippen LogP contribution in [0.25, 0.3) is 44.1 Å². The fourth-order valence-electron chi connectivity index (χ4n) is 9.19. The van der Waals surface area contributed by atoms with E-state index in [0.717, 1.165) is 0 Å². The van der Waals surface area contributed by atoms with Crippen molar-refractivity contribution in [2.24, 2.45) is 0 Å². The molecule has 2 aliphatic rings. The molecule has 0 saturated heterocycles. The summed E-state index contributed by atoms with van der Waals surface area (Å²) in [4.78, 5) is 87.0. The SMILES string of the molecule is COc1cc2c3c(n(CCCN(CCCN(CCCn4c5c(c6ccccc6c4=O)C(=O)c4ccccc4-5)C(=O)OC(C)(C)C)C(=O)OC(C)(C)C)c(=O)c2cc1OC)-c1ccccc1C3=O. The Hall–Kier alpha value is -7.22. The molecule has 348 valence electrons. The summed E-state index contributed by atoms with van der Waals surface area (Å²) >= 11 is 0. The van der Waals surface area contributed by atoms with Crippen LogP contribution in [-0.2, 0) is 22.6 Å². The topological polar surface area (TPSA) is 156 Å². The van der Waals surface area contributed by atoms with Gasteiger partial charge in [-0.2, -0.15) is 0 Å². The second-order valence-electron chi connectivity index (χ2n) is 18.9. The second-order valence-corrected chi connectivity index (χ2v) is 18.9. The average Bonchev–Trinajstić information content (AvgIpc) is 3.75. The van der Waals surface area contributed by atoms with Crippen molar-refractivity contribution in [2.75, 3.05) is 40.4 Å². The molecule has 2 heterocycles. The lowest BCUT2D eigenvalue weighted by Crippen LogP contribution is -2.42. The second kappa shape index (κ2) is 18.2. The lowest BCUT2D eigenvalue weighted by molar-refractivity contribution is 0.0200. The number of carbonyl (C=O) groups excluding carboxylic acids is 4. The minimum absolute atomic E-state index is 0.129. The third-order valence-corrected chi connectivity index (χ3v) is 12.0. The lowest BCUT2D eigenvalue weighted by Gasteiger charge is -2.30. The normalized spacial score (nSPS) is 12.7. The number of ketones is 2. The quantitative estimate of drug-likeness (QED) is 0.103. The molecule has 0 spiro atoms. The number of carbonyl (C=O) groups is 4. The van der Waals surface area contributed by atoms with Gasteiger partial charge in [0.1, 0.15) is 11.2 Å². The van der Waals surface area contributed by atoms with E-state index >= 15 is 0 Å². The van der Waals surface area contributed by atoms with Crippen LogP contribution < -0.4 is 20.6 Å². The number of aromatic nitrogens is 2. The summed E-state index contributed by atoms with van der Waals surface area (Å²) in [6.07, 6.45) is -0.0516. The number of ether oxygens (including phenoxy) is 4. The van der Waals surface area contributed by atoms with Gasteiger partial charge in [-0.3, -0.25) is 19.2 Å². The van der Waals surface area contributed by atoms with Crippen LogP contribution in [0.3, 0.4) is 0 Å². The van der Waals surface area contributed by atoms with Crippen molar-refractivity contribution in [1.29, 1.82) is 0 Å². The number of nitrogens with zero attached hydrogens (tertiary/aromatic N) is 4. The highest BCUT2D eigenvalue weighted by atomic mass is 16.6. The van der Waals surface area contributed by atoms with E-state index in [9.17, 15) is 28.8 Å². The highest BCUT2D eigenvalue weighted by Gasteiger charge is 2.35. The maximum Gasteiger partial charge on any atom is 0.410 e. The van der Waals surface area contributed by atoms with Gasteiger partial charge in [-0.25, -0.2) is 9.59 Å². The molecule has 0 radical (unpaired) electrons. The minimum Gasteiger partial charge on any atom is -0.493 e. The van der Waals surface area contributed by atoms with Gasteiger partial charge in [-0.1, -0.05) is 66.7 Å². The number of methoxy groups -OCH3 is 2. The van der Waals surface area contributed by atoms with Crippen LogP contribution in [0.5, 0.6) is 11.5 Å². The molecule has 0 aliphatic heterocycles. The first-order valence-electron chi connectivity index (χ1n) is 22.6. The molecule has 8 rings (SSSR count). The van der Waals surface area contributed by atoms with E-state index in [2.05, 4.69) is 0 Å². The van der Waals surface area contributed by atoms with Gasteiger partial charge in [0, 0.05) is 77.7 Å². The van der Waals surface area contributed by atoms with Crippen LogP contribution in [0.1, 0.15) is 92.6 Å². The molecular formula is C53H56N4O10. The molecule has 0 saturated carbocycles. The Balaban J connectivity index is 1.03. The van der Waals surface area contributed by atoms with Crippen molar-refractivity contribution in [1.82, 2.24) is 18.9 Å². The van der Waals surface area contributed by atoms with Gasteiger partial charge in [0.05, 0.1) is 42.1 Å². The standard InChI is InChI=1S/C53H56N4O10/c1-52(2,3)66-50(62)54(26-16-28-56-44-33-19-10-12-21-35(33)46(58)42(44)32-18-9-14-23-37(32)48(56)60)24-15-25-55(51(63)67-53(4,5)6)27-17-29-57-45-34-20-11-13-22-36(34)47(59)43(45)38-30-40(64-7)41(65-8)31-39(38)49(57)61/h9-14,18-23,30-31H,15-17,24-29H2,1-8H3. The van der Waals surface area contributed by atoms with Crippen molar-refractivity contribution in [3.63, 3.8) is 0 Å². The van der Waals surface area contributed by atoms with Crippen molar-refractivity contribution >= 4 is 45.3 Å². The third-order valence-electron chi connectivity index (χ3n) is 12.0. The van der Waals surface area contributed by atoms with Crippen LogP contribution in [-0.4, -0.2) is 94.3 Å². The first-order valence-corrected chi connectivity index (χ1v) is 22.6. The zero-order chi connectivity index (χ0) is 47.9. The van der Waals surface area contributed by atoms with E-state index in [1.165, 1.54) is 14.2 Å². The lowest BCUT2D eigenvalue weighted by atomic mass is 10.0. The summed E-state index contributed by atoms with van der Waals surface area (Å²) < 4.78 is 26.0. The molecule has 0 unspecified atom stereocenters. The Morgan fingerprint density at radius 1 is 0.493 bits per heavy atom. The third kappa shape index (κ3) is 8.92. The van der Waals surface area contributed by atoms with Gasteiger partial charge in [0.25, 0.3) is 11.1 Å². The number of hydrogen-bond acceptors (Lipinski definition) is 10. The number of fused-ring (bicyclic) bond motifs is 10. The smallest absolute Gasteiger partial charge is 0.410 e. The predicted octanol–water partition coefficient (Wildman–Crippen LogP) is 9.10. The summed E-state index contributed by atoms with van der Waals surface area (Å²) in [6.45, 7) is 11.9. The molecule has 0 N–H and O–H groups in total. The minimum atomic E-state index is -0.801. The van der Waals surface area contributed by atoms with Crippen LogP contribution in [0.4, 0.5) is 9.59 Å². The van der Waals surface area contributed by atoms with E-state index in [-0.39, 0.29) is 62.0 Å². The van der Waals surface area contributed by atoms with Crippen LogP contribution in [0.2, 0.25) is 0 Å². The first kappa shape index (κ1) is 46.3. The van der Waals surface area contributed by atoms with E-state index < -0.39 is 23.4 Å². The summed E-state index contributed by atoms with van der Waals surface area (Å²) in [7, 11) is 2.98. The molecule has 2 aliphatic carbocycles. The van der Waals surface area contributed by atoms with Crippen LogP contribution in [0, 0.1) is 0 Å². The summed E-state index contributed by atoms with van der Waals surface area (Å²) in [5, 5.41) is 1.83. The summed E-state index contributed by atoms with van der Waals surface area (Å²) in [6, 6.07) is 24.9. The highest BCUT2D eigenvalue weighted by Crippen LogP contribution is 2.43. The number of hydrogen-bond donors (Lipinski definition) is 0. The molecule has 0 fully saturated rings. The zero-order valence-corrected chi connectivity index (χ0v) is 39.3. The van der Waals surface area contributed by atoms with Crippen LogP contribution in [0.15, 0.2) is 94.5 Å². The molecule has 67 heavy (non-hydrogen) atoms. The van der Waals surface area contributed by atoms with Gasteiger partial charge in [0.2, 0.25) is 0 Å². The van der Waals surface area contributed by atoms with Crippen molar-refractivity contribution in [3.05, 3.63) is 128 Å². The van der Waals surface area contributed by atoms with Gasteiger partial charge in [-0.15, -0.1) is 0 Å². The molecule has 2 aromatic heterocycles. The van der Waals surface area contributed by atoms with E-state index in [1.807, 2.05) is 36.4 Å². The maximum atomic E-state index is 14.4. The van der Waals surface area contributed by atoms with Gasteiger partial charge < -0.3 is 37.9 Å². The van der Waals surface area contributed by atoms with E-state index in [4.69, 9.17) is 18.9 Å². The number of amides is 2. The van der Waals surface area contributed by atoms with Gasteiger partial charge in [-0.05, 0) is 79.0 Å². The number of rotatable bonds is 14. The van der Waals surface area contributed by atoms with Gasteiger partial charge in [0.15, 0.2) is 23.1 Å². The van der Waals surface area contributed by atoms with Crippen molar-refractivity contribution < 1.29 is 38.1 Å². The molecule has 4 aromatic carbocycles. The monoisotopic (exact) mass is 908 g/mol. The summed E-state index contributed by atoms with van der Waals surface area (Å²) in [5.41, 5.74) is 2.24. The molecule has 14 heteroatoms. The summed E-state index contributed by atoms with van der Waals surface area (Å²) in [5.74, 6) is 0.418. The Morgan fingerprint density at radius 3 is 1.31 bits per heavy atom. The predicted molar refractivity (Wildman–Crippen MR) is 257 cm³/mol. The Morgan fingerprint density at radius 2 is 0.866 bits per heavy atom. The van der Waals surface area contributed by atoms with Crippen LogP contribution >= 0.6 is 0 Å². The number of pyridine rings is 2. The molecule has 6 aromatic rings. The van der Waals surface area contributed by atoms with Crippen molar-refractivity contribution in [3.8, 4) is 34.0 Å². The van der Waals surface area contributed by atoms with E-state index in [1.54, 1.807) is 109 Å².